The molecular formula is C21H30N4O3. The van der Waals surface area contributed by atoms with E-state index >= 15 is 0 Å². The number of carboxylic acids is 1. The van der Waals surface area contributed by atoms with Gasteiger partial charge in [0.1, 0.15) is 0 Å². The highest BCUT2D eigenvalue weighted by molar-refractivity contribution is 5.89. The van der Waals surface area contributed by atoms with Crippen molar-refractivity contribution < 1.29 is 9.90 Å². The molecule has 2 aliphatic rings. The first-order valence-corrected chi connectivity index (χ1v) is 10.4. The van der Waals surface area contributed by atoms with E-state index in [9.17, 15) is 14.7 Å². The second kappa shape index (κ2) is 7.53. The Morgan fingerprint density at radius 3 is 2.21 bits per heavy atom. The molecule has 7 heteroatoms. The zero-order chi connectivity index (χ0) is 19.8. The number of nitrogens with zero attached hydrogens (tertiary/aromatic N) is 3. The van der Waals surface area contributed by atoms with Gasteiger partial charge in [-0.15, -0.1) is 0 Å². The summed E-state index contributed by atoms with van der Waals surface area (Å²) in [6, 6.07) is 4.52. The molecule has 0 atom stereocenters. The summed E-state index contributed by atoms with van der Waals surface area (Å²) in [6.45, 7) is 2.07. The van der Waals surface area contributed by atoms with Crippen molar-refractivity contribution in [3.05, 3.63) is 22.6 Å². The number of nitrogens with one attached hydrogen (secondary N) is 1. The Bertz CT molecular complexity index is 931. The minimum absolute atomic E-state index is 0.0151. The molecule has 1 saturated carbocycles. The van der Waals surface area contributed by atoms with Gasteiger partial charge in [-0.2, -0.15) is 0 Å². The minimum Gasteiger partial charge on any atom is -0.481 e. The van der Waals surface area contributed by atoms with Gasteiger partial charge in [0, 0.05) is 33.2 Å². The van der Waals surface area contributed by atoms with Crippen LogP contribution in [-0.4, -0.2) is 39.3 Å². The smallest absolute Gasteiger partial charge is 0.328 e. The number of piperidine rings is 1. The third-order valence-corrected chi connectivity index (χ3v) is 6.52. The monoisotopic (exact) mass is 386 g/mol. The highest BCUT2D eigenvalue weighted by Gasteiger charge is 2.27. The van der Waals surface area contributed by atoms with Gasteiger partial charge in [-0.25, -0.2) is 4.79 Å². The third kappa shape index (κ3) is 3.38. The third-order valence-electron chi connectivity index (χ3n) is 6.52. The fourth-order valence-corrected chi connectivity index (χ4v) is 4.75. The molecule has 1 aromatic heterocycles. The topological polar surface area (TPSA) is 79.5 Å². The summed E-state index contributed by atoms with van der Waals surface area (Å²) in [6.07, 6.45) is 6.81. The zero-order valence-electron chi connectivity index (χ0n) is 16.8. The summed E-state index contributed by atoms with van der Waals surface area (Å²) in [4.78, 5) is 26.1. The van der Waals surface area contributed by atoms with Gasteiger partial charge >= 0.3 is 11.7 Å². The van der Waals surface area contributed by atoms with Crippen LogP contribution in [0, 0.1) is 5.92 Å². The van der Waals surface area contributed by atoms with E-state index in [2.05, 4.69) is 22.3 Å². The van der Waals surface area contributed by atoms with Crippen molar-refractivity contribution in [1.29, 1.82) is 0 Å². The van der Waals surface area contributed by atoms with E-state index in [4.69, 9.17) is 0 Å². The van der Waals surface area contributed by atoms with E-state index in [1.165, 1.54) is 19.3 Å². The zero-order valence-corrected chi connectivity index (χ0v) is 16.8. The van der Waals surface area contributed by atoms with E-state index in [0.717, 1.165) is 61.2 Å². The molecule has 1 aliphatic heterocycles. The molecular weight excluding hydrogens is 356 g/mol. The Balaban J connectivity index is 1.68. The van der Waals surface area contributed by atoms with Crippen LogP contribution in [0.1, 0.15) is 44.9 Å². The number of imidazole rings is 1. The van der Waals surface area contributed by atoms with Crippen molar-refractivity contribution in [2.24, 2.45) is 20.0 Å². The van der Waals surface area contributed by atoms with Crippen LogP contribution >= 0.6 is 0 Å². The molecule has 28 heavy (non-hydrogen) atoms. The molecule has 1 aromatic carbocycles. The predicted molar refractivity (Wildman–Crippen MR) is 111 cm³/mol. The van der Waals surface area contributed by atoms with Crippen LogP contribution in [0.2, 0.25) is 0 Å². The minimum atomic E-state index is -0.673. The number of aryl methyl sites for hydroxylation is 2. The van der Waals surface area contributed by atoms with Gasteiger partial charge in [0.25, 0.3) is 0 Å². The summed E-state index contributed by atoms with van der Waals surface area (Å²) in [5.74, 6) is -0.884. The highest BCUT2D eigenvalue weighted by atomic mass is 16.4. The van der Waals surface area contributed by atoms with Gasteiger partial charge in [-0.3, -0.25) is 13.9 Å². The first-order valence-electron chi connectivity index (χ1n) is 10.4. The van der Waals surface area contributed by atoms with E-state index in [1.54, 1.807) is 9.13 Å². The largest absolute Gasteiger partial charge is 0.481 e. The number of benzene rings is 1. The van der Waals surface area contributed by atoms with Crippen LogP contribution in [-0.2, 0) is 18.9 Å². The van der Waals surface area contributed by atoms with Crippen molar-refractivity contribution in [3.63, 3.8) is 0 Å². The number of rotatable bonds is 4. The molecule has 0 amide bonds. The van der Waals surface area contributed by atoms with Crippen molar-refractivity contribution in [1.82, 2.24) is 9.13 Å². The molecule has 2 N–H and O–H groups in total. The lowest BCUT2D eigenvalue weighted by Crippen LogP contribution is -2.32. The fourth-order valence-electron chi connectivity index (χ4n) is 4.75. The number of anilines is 2. The number of carboxylic acid groups (broad SMARTS) is 1. The molecule has 2 heterocycles. The number of fused-ring (bicyclic) bond motifs is 1. The molecule has 0 bridgehead atoms. The quantitative estimate of drug-likeness (QED) is 0.845. The SMILES string of the molecule is Cn1c(=O)n(C)c2cc(N3CCCCC3)c(NC3CCC(C(=O)O)CC3)cc21. The second-order valence-corrected chi connectivity index (χ2v) is 8.34. The molecule has 1 aliphatic carbocycles. The summed E-state index contributed by atoms with van der Waals surface area (Å²) in [7, 11) is 3.64. The van der Waals surface area contributed by atoms with Crippen LogP contribution in [0.4, 0.5) is 11.4 Å². The molecule has 0 unspecified atom stereocenters. The highest BCUT2D eigenvalue weighted by Crippen LogP contribution is 2.35. The molecule has 0 radical (unpaired) electrons. The molecule has 7 nitrogen and oxygen atoms in total. The summed E-state index contributed by atoms with van der Waals surface area (Å²) in [5.41, 5.74) is 4.09. The van der Waals surface area contributed by atoms with Crippen molar-refractivity contribution in [2.75, 3.05) is 23.3 Å². The van der Waals surface area contributed by atoms with E-state index in [0.29, 0.717) is 0 Å². The van der Waals surface area contributed by atoms with E-state index in [1.807, 2.05) is 14.1 Å². The van der Waals surface area contributed by atoms with Gasteiger partial charge < -0.3 is 15.3 Å². The van der Waals surface area contributed by atoms with Gasteiger partial charge in [0.05, 0.1) is 28.3 Å². The molecule has 152 valence electrons. The second-order valence-electron chi connectivity index (χ2n) is 8.34. The number of hydrogen-bond acceptors (Lipinski definition) is 4. The molecule has 0 spiro atoms. The Morgan fingerprint density at radius 2 is 1.61 bits per heavy atom. The molecule has 1 saturated heterocycles. The number of carbonyl (C=O) groups is 1. The van der Waals surface area contributed by atoms with Gasteiger partial charge in [-0.05, 0) is 57.1 Å². The Labute approximate surface area is 164 Å². The van der Waals surface area contributed by atoms with Crippen molar-refractivity contribution in [2.45, 2.75) is 51.0 Å². The normalized spacial score (nSPS) is 23.1. The standard InChI is InChI=1S/C21H30N4O3/c1-23-18-12-16(22-15-8-6-14(7-9-15)20(26)27)17(25-10-4-3-5-11-25)13-19(18)24(2)21(23)28/h12-15,22H,3-11H2,1-2H3,(H,26,27). The average molecular weight is 386 g/mol. The Hall–Kier alpha value is -2.44. The number of hydrogen-bond donors (Lipinski definition) is 2. The summed E-state index contributed by atoms with van der Waals surface area (Å²) < 4.78 is 3.41. The van der Waals surface area contributed by atoms with E-state index < -0.39 is 5.97 Å². The van der Waals surface area contributed by atoms with Crippen LogP contribution in [0.15, 0.2) is 16.9 Å². The fraction of sp³-hybridized carbons (Fsp3) is 0.619. The van der Waals surface area contributed by atoms with E-state index in [-0.39, 0.29) is 17.6 Å². The first-order chi connectivity index (χ1) is 13.5. The van der Waals surface area contributed by atoms with Gasteiger partial charge in [0.2, 0.25) is 0 Å². The van der Waals surface area contributed by atoms with Crippen LogP contribution in [0.3, 0.4) is 0 Å². The number of aromatic nitrogens is 2. The van der Waals surface area contributed by atoms with Gasteiger partial charge in [-0.1, -0.05) is 0 Å². The summed E-state index contributed by atoms with van der Waals surface area (Å²) in [5, 5.41) is 12.9. The average Bonchev–Trinajstić information content (AvgIpc) is 2.92. The molecule has 4 rings (SSSR count). The Morgan fingerprint density at radius 1 is 1.00 bits per heavy atom. The van der Waals surface area contributed by atoms with Crippen LogP contribution in [0.5, 0.6) is 0 Å². The maximum atomic E-state index is 12.4. The lowest BCUT2D eigenvalue weighted by molar-refractivity contribution is -0.142. The molecule has 2 fully saturated rings. The van der Waals surface area contributed by atoms with Crippen molar-refractivity contribution >= 4 is 28.4 Å². The summed E-state index contributed by atoms with van der Waals surface area (Å²) >= 11 is 0. The maximum absolute atomic E-state index is 12.4. The van der Waals surface area contributed by atoms with Crippen LogP contribution < -0.4 is 15.9 Å². The number of aliphatic carboxylic acids is 1. The van der Waals surface area contributed by atoms with Crippen LogP contribution in [0.25, 0.3) is 11.0 Å². The maximum Gasteiger partial charge on any atom is 0.328 e. The Kier molecular flexibility index (Phi) is 5.08. The first kappa shape index (κ1) is 18.9. The van der Waals surface area contributed by atoms with Gasteiger partial charge in [0.15, 0.2) is 0 Å². The van der Waals surface area contributed by atoms with Crippen molar-refractivity contribution in [3.8, 4) is 0 Å². The lowest BCUT2D eigenvalue weighted by atomic mass is 9.86. The predicted octanol–water partition coefficient (Wildman–Crippen LogP) is 2.92. The molecule has 2 aromatic rings. The lowest BCUT2D eigenvalue weighted by Gasteiger charge is -2.33.